The molecule has 1 heterocycles. The van der Waals surface area contributed by atoms with Crippen LogP contribution in [0.25, 0.3) is 0 Å². The molecule has 1 N–H and O–H groups in total. The van der Waals surface area contributed by atoms with Crippen molar-refractivity contribution in [2.75, 3.05) is 0 Å². The maximum absolute atomic E-state index is 11.7. The highest BCUT2D eigenvalue weighted by Crippen LogP contribution is 2.17. The SMILES string of the molecule is CCCCCCCC(=O)N/N=C(\C)c1ccc(CC)s1. The third-order valence-electron chi connectivity index (χ3n) is 3.22. The van der Waals surface area contributed by atoms with Gasteiger partial charge in [-0.05, 0) is 31.9 Å². The van der Waals surface area contributed by atoms with E-state index < -0.39 is 0 Å². The van der Waals surface area contributed by atoms with Crippen LogP contribution in [0.5, 0.6) is 0 Å². The number of aryl methyl sites for hydroxylation is 1. The first-order valence-corrected chi connectivity index (χ1v) is 8.41. The zero-order chi connectivity index (χ0) is 14.8. The minimum Gasteiger partial charge on any atom is -0.273 e. The quantitative estimate of drug-likeness (QED) is 0.406. The van der Waals surface area contributed by atoms with Crippen molar-refractivity contribution in [3.05, 3.63) is 21.9 Å². The van der Waals surface area contributed by atoms with Gasteiger partial charge in [0.2, 0.25) is 5.91 Å². The van der Waals surface area contributed by atoms with Gasteiger partial charge in [0.15, 0.2) is 0 Å². The van der Waals surface area contributed by atoms with Gasteiger partial charge in [0.1, 0.15) is 0 Å². The van der Waals surface area contributed by atoms with E-state index in [1.807, 2.05) is 6.92 Å². The van der Waals surface area contributed by atoms with E-state index >= 15 is 0 Å². The molecule has 0 atom stereocenters. The van der Waals surface area contributed by atoms with Crippen LogP contribution >= 0.6 is 11.3 Å². The molecule has 0 bridgehead atoms. The minimum atomic E-state index is 0.0214. The Balaban J connectivity index is 2.29. The van der Waals surface area contributed by atoms with E-state index in [-0.39, 0.29) is 5.91 Å². The fourth-order valence-corrected chi connectivity index (χ4v) is 2.80. The second-order valence-corrected chi connectivity index (χ2v) is 6.18. The van der Waals surface area contributed by atoms with Gasteiger partial charge in [-0.25, -0.2) is 5.43 Å². The highest BCUT2D eigenvalue weighted by molar-refractivity contribution is 7.14. The summed E-state index contributed by atoms with van der Waals surface area (Å²) in [4.78, 5) is 14.1. The number of hydrazone groups is 1. The molecule has 0 saturated heterocycles. The van der Waals surface area contributed by atoms with E-state index in [2.05, 4.69) is 36.5 Å². The van der Waals surface area contributed by atoms with Crippen LogP contribution in [0.1, 0.15) is 69.1 Å². The molecule has 1 rings (SSSR count). The largest absolute Gasteiger partial charge is 0.273 e. The number of rotatable bonds is 9. The van der Waals surface area contributed by atoms with Gasteiger partial charge in [-0.1, -0.05) is 39.5 Å². The van der Waals surface area contributed by atoms with Crippen molar-refractivity contribution >= 4 is 23.0 Å². The first-order chi connectivity index (χ1) is 9.67. The molecule has 0 saturated carbocycles. The number of nitrogens with zero attached hydrogens (tertiary/aromatic N) is 1. The minimum absolute atomic E-state index is 0.0214. The van der Waals surface area contributed by atoms with Gasteiger partial charge in [-0.3, -0.25) is 4.79 Å². The van der Waals surface area contributed by atoms with Gasteiger partial charge in [-0.15, -0.1) is 11.3 Å². The molecule has 20 heavy (non-hydrogen) atoms. The molecule has 0 aromatic carbocycles. The van der Waals surface area contributed by atoms with Crippen molar-refractivity contribution in [3.8, 4) is 0 Å². The van der Waals surface area contributed by atoms with E-state index in [4.69, 9.17) is 0 Å². The van der Waals surface area contributed by atoms with Gasteiger partial charge in [0.05, 0.1) is 10.6 Å². The lowest BCUT2D eigenvalue weighted by atomic mass is 10.1. The summed E-state index contributed by atoms with van der Waals surface area (Å²) in [5.74, 6) is 0.0214. The Morgan fingerprint density at radius 3 is 2.60 bits per heavy atom. The van der Waals surface area contributed by atoms with Crippen molar-refractivity contribution in [2.24, 2.45) is 5.10 Å². The van der Waals surface area contributed by atoms with E-state index in [1.165, 1.54) is 24.1 Å². The van der Waals surface area contributed by atoms with Gasteiger partial charge in [-0.2, -0.15) is 5.10 Å². The molecule has 1 aromatic rings. The summed E-state index contributed by atoms with van der Waals surface area (Å²) >= 11 is 1.74. The number of nitrogens with one attached hydrogen (secondary N) is 1. The number of hydrogen-bond acceptors (Lipinski definition) is 3. The maximum atomic E-state index is 11.7. The maximum Gasteiger partial charge on any atom is 0.240 e. The molecule has 0 spiro atoms. The number of hydrogen-bond donors (Lipinski definition) is 1. The Kier molecular flexibility index (Phi) is 8.19. The Hall–Kier alpha value is -1.16. The number of unbranched alkanes of at least 4 members (excludes halogenated alkanes) is 4. The number of carbonyl (C=O) groups is 1. The summed E-state index contributed by atoms with van der Waals surface area (Å²) in [5.41, 5.74) is 3.54. The topological polar surface area (TPSA) is 41.5 Å². The number of carbonyl (C=O) groups excluding carboxylic acids is 1. The molecule has 0 aliphatic rings. The van der Waals surface area contributed by atoms with Gasteiger partial charge in [0.25, 0.3) is 0 Å². The normalized spacial score (nSPS) is 11.7. The van der Waals surface area contributed by atoms with Crippen molar-refractivity contribution in [3.63, 3.8) is 0 Å². The van der Waals surface area contributed by atoms with E-state index in [0.717, 1.165) is 29.9 Å². The van der Waals surface area contributed by atoms with Gasteiger partial charge < -0.3 is 0 Å². The van der Waals surface area contributed by atoms with Crippen LogP contribution in [0, 0.1) is 0 Å². The molecule has 3 nitrogen and oxygen atoms in total. The van der Waals surface area contributed by atoms with Crippen molar-refractivity contribution in [1.82, 2.24) is 5.43 Å². The second kappa shape index (κ2) is 9.70. The highest BCUT2D eigenvalue weighted by atomic mass is 32.1. The van der Waals surface area contributed by atoms with Crippen LogP contribution in [-0.4, -0.2) is 11.6 Å². The lowest BCUT2D eigenvalue weighted by Crippen LogP contribution is -2.18. The number of amides is 1. The Morgan fingerprint density at radius 1 is 1.20 bits per heavy atom. The summed E-state index contributed by atoms with van der Waals surface area (Å²) in [6.07, 6.45) is 7.43. The standard InChI is InChI=1S/C16H26N2OS/c1-4-6-7-8-9-10-16(19)18-17-13(3)15-12-11-14(5-2)20-15/h11-12H,4-10H2,1-3H3,(H,18,19)/b17-13+. The first-order valence-electron chi connectivity index (χ1n) is 7.59. The lowest BCUT2D eigenvalue weighted by Gasteiger charge is -2.01. The molecule has 1 amide bonds. The van der Waals surface area contributed by atoms with Crippen molar-refractivity contribution in [2.45, 2.75) is 65.7 Å². The van der Waals surface area contributed by atoms with Gasteiger partial charge >= 0.3 is 0 Å². The fourth-order valence-electron chi connectivity index (χ4n) is 1.91. The van der Waals surface area contributed by atoms with Crippen LogP contribution < -0.4 is 5.43 Å². The molecule has 0 fully saturated rings. The highest BCUT2D eigenvalue weighted by Gasteiger charge is 2.04. The summed E-state index contributed by atoms with van der Waals surface area (Å²) < 4.78 is 0. The van der Waals surface area contributed by atoms with E-state index in [1.54, 1.807) is 11.3 Å². The summed E-state index contributed by atoms with van der Waals surface area (Å²) in [7, 11) is 0. The fraction of sp³-hybridized carbons (Fsp3) is 0.625. The number of thiophene rings is 1. The smallest absolute Gasteiger partial charge is 0.240 e. The molecule has 0 aliphatic carbocycles. The van der Waals surface area contributed by atoms with Crippen molar-refractivity contribution in [1.29, 1.82) is 0 Å². The predicted octanol–water partition coefficient (Wildman–Crippen LogP) is 4.51. The monoisotopic (exact) mass is 294 g/mol. The molecule has 0 unspecified atom stereocenters. The van der Waals surface area contributed by atoms with Crippen molar-refractivity contribution < 1.29 is 4.79 Å². The molecule has 112 valence electrons. The Bertz CT molecular complexity index is 437. The molecule has 0 aliphatic heterocycles. The molecule has 1 aromatic heterocycles. The molecule has 4 heteroatoms. The van der Waals surface area contributed by atoms with Gasteiger partial charge in [0, 0.05) is 11.3 Å². The van der Waals surface area contributed by atoms with Crippen LogP contribution in [0.3, 0.4) is 0 Å². The zero-order valence-electron chi connectivity index (χ0n) is 12.9. The van der Waals surface area contributed by atoms with E-state index in [9.17, 15) is 4.79 Å². The van der Waals surface area contributed by atoms with Crippen LogP contribution in [0.15, 0.2) is 17.2 Å². The zero-order valence-corrected chi connectivity index (χ0v) is 13.7. The summed E-state index contributed by atoms with van der Waals surface area (Å²) in [6.45, 7) is 6.27. The average Bonchev–Trinajstić information content (AvgIpc) is 2.93. The van der Waals surface area contributed by atoms with E-state index in [0.29, 0.717) is 6.42 Å². The van der Waals surface area contributed by atoms with Crippen LogP contribution in [-0.2, 0) is 11.2 Å². The first kappa shape index (κ1) is 16.9. The van der Waals surface area contributed by atoms with Crippen LogP contribution in [0.2, 0.25) is 0 Å². The Morgan fingerprint density at radius 2 is 1.95 bits per heavy atom. The molecular formula is C16H26N2OS. The third kappa shape index (κ3) is 6.33. The second-order valence-electron chi connectivity index (χ2n) is 5.02. The Labute approximate surface area is 126 Å². The third-order valence-corrected chi connectivity index (χ3v) is 4.56. The summed E-state index contributed by atoms with van der Waals surface area (Å²) in [5, 5.41) is 4.18. The lowest BCUT2D eigenvalue weighted by molar-refractivity contribution is -0.121. The van der Waals surface area contributed by atoms with Crippen LogP contribution in [0.4, 0.5) is 0 Å². The molecular weight excluding hydrogens is 268 g/mol. The summed E-state index contributed by atoms with van der Waals surface area (Å²) in [6, 6.07) is 4.19. The molecule has 0 radical (unpaired) electrons. The predicted molar refractivity (Wildman–Crippen MR) is 87.4 cm³/mol. The average molecular weight is 294 g/mol.